The summed E-state index contributed by atoms with van der Waals surface area (Å²) in [5, 5.41) is 23.6. The Kier molecular flexibility index (Phi) is 4.30. The monoisotopic (exact) mass is 402 g/mol. The van der Waals surface area contributed by atoms with Gasteiger partial charge in [0, 0.05) is 23.4 Å². The maximum Gasteiger partial charge on any atom is 0.333 e. The number of nitrogens with zero attached hydrogens (tertiary/aromatic N) is 4. The third kappa shape index (κ3) is 3.54. The van der Waals surface area contributed by atoms with Crippen molar-refractivity contribution in [2.75, 3.05) is 5.32 Å². The largest absolute Gasteiger partial charge is 0.386 e. The van der Waals surface area contributed by atoms with Crippen LogP contribution < -0.4 is 5.32 Å². The van der Waals surface area contributed by atoms with Crippen LogP contribution in [0.5, 0.6) is 0 Å². The normalized spacial score (nSPS) is 12.5. The first-order valence-corrected chi connectivity index (χ1v) is 8.68. The summed E-state index contributed by atoms with van der Waals surface area (Å²) < 4.78 is 44.6. The zero-order valence-corrected chi connectivity index (χ0v) is 15.5. The van der Waals surface area contributed by atoms with Gasteiger partial charge in [-0.1, -0.05) is 0 Å². The zero-order valence-electron chi connectivity index (χ0n) is 15.5. The summed E-state index contributed by atoms with van der Waals surface area (Å²) in [6, 6.07) is 7.10. The Balaban J connectivity index is 1.89. The van der Waals surface area contributed by atoms with Gasteiger partial charge in [-0.3, -0.25) is 5.10 Å². The van der Waals surface area contributed by atoms with E-state index in [1.54, 1.807) is 26.0 Å². The lowest BCUT2D eigenvalue weighted by atomic mass is 10.0. The van der Waals surface area contributed by atoms with Gasteiger partial charge in [-0.2, -0.15) is 13.9 Å². The van der Waals surface area contributed by atoms with E-state index in [2.05, 4.69) is 25.6 Å². The van der Waals surface area contributed by atoms with E-state index in [0.717, 1.165) is 24.3 Å². The average Bonchev–Trinajstić information content (AvgIpc) is 3.31. The van der Waals surface area contributed by atoms with Crippen molar-refractivity contribution in [3.05, 3.63) is 71.6 Å². The van der Waals surface area contributed by atoms with Crippen LogP contribution >= 0.6 is 0 Å². The van der Waals surface area contributed by atoms with Crippen molar-refractivity contribution >= 4 is 17.2 Å². The van der Waals surface area contributed by atoms with Gasteiger partial charge in [0.05, 0.1) is 11.8 Å². The molecule has 0 radical (unpaired) electrons. The van der Waals surface area contributed by atoms with Crippen LogP contribution in [-0.4, -0.2) is 29.9 Å². The highest BCUT2D eigenvalue weighted by molar-refractivity contribution is 5.73. The molecule has 10 heteroatoms. The lowest BCUT2D eigenvalue weighted by Crippen LogP contribution is -2.21. The number of hydrogen-bond acceptors (Lipinski definition) is 5. The minimum atomic E-state index is -3.58. The number of aliphatic hydroxyl groups is 1. The molecule has 0 unspecified atom stereocenters. The number of nitrogens with one attached hydrogen (secondary N) is 2. The Labute approximate surface area is 163 Å². The highest BCUT2D eigenvalue weighted by Gasteiger charge is 2.39. The molecule has 4 aromatic rings. The van der Waals surface area contributed by atoms with E-state index in [1.807, 2.05) is 0 Å². The number of aromatic nitrogens is 5. The molecule has 7 nitrogen and oxygen atoms in total. The first kappa shape index (κ1) is 18.9. The number of aromatic amines is 1. The zero-order chi connectivity index (χ0) is 20.8. The number of alkyl halides is 2. The molecule has 0 amide bonds. The van der Waals surface area contributed by atoms with Crippen molar-refractivity contribution in [1.29, 1.82) is 0 Å². The topological polar surface area (TPSA) is 91.1 Å². The summed E-state index contributed by atoms with van der Waals surface area (Å²) in [5.74, 6) is -4.45. The van der Waals surface area contributed by atoms with E-state index < -0.39 is 28.7 Å². The molecule has 0 saturated heterocycles. The summed E-state index contributed by atoms with van der Waals surface area (Å²) in [4.78, 5) is 4.03. The summed E-state index contributed by atoms with van der Waals surface area (Å²) in [5.41, 5.74) is -0.795. The molecular formula is C19H17F3N6O. The maximum absolute atomic E-state index is 15.1. The minimum absolute atomic E-state index is 0.0940. The first-order chi connectivity index (χ1) is 13.6. The molecule has 0 fully saturated rings. The highest BCUT2D eigenvalue weighted by Crippen LogP contribution is 2.35. The predicted octanol–water partition coefficient (Wildman–Crippen LogP) is 3.70. The van der Waals surface area contributed by atoms with E-state index in [0.29, 0.717) is 16.9 Å². The molecule has 4 rings (SSSR count). The number of anilines is 2. The van der Waals surface area contributed by atoms with E-state index in [-0.39, 0.29) is 5.82 Å². The number of benzene rings is 1. The van der Waals surface area contributed by atoms with Crippen LogP contribution in [0.2, 0.25) is 0 Å². The second kappa shape index (κ2) is 6.59. The van der Waals surface area contributed by atoms with Gasteiger partial charge >= 0.3 is 5.92 Å². The van der Waals surface area contributed by atoms with Crippen LogP contribution in [0.15, 0.2) is 48.8 Å². The van der Waals surface area contributed by atoms with E-state index in [4.69, 9.17) is 0 Å². The van der Waals surface area contributed by atoms with E-state index in [9.17, 15) is 9.50 Å². The van der Waals surface area contributed by atoms with Gasteiger partial charge in [-0.05, 0) is 44.2 Å². The molecule has 0 saturated carbocycles. The molecule has 0 spiro atoms. The molecular weight excluding hydrogens is 385 g/mol. The third-order valence-electron chi connectivity index (χ3n) is 4.41. The van der Waals surface area contributed by atoms with Gasteiger partial charge in [0.1, 0.15) is 17.2 Å². The van der Waals surface area contributed by atoms with Crippen LogP contribution in [-0.2, 0) is 11.5 Å². The van der Waals surface area contributed by atoms with Crippen molar-refractivity contribution < 1.29 is 18.3 Å². The molecule has 0 aliphatic heterocycles. The Morgan fingerprint density at radius 2 is 1.83 bits per heavy atom. The van der Waals surface area contributed by atoms with E-state index >= 15 is 8.78 Å². The Morgan fingerprint density at radius 1 is 1.10 bits per heavy atom. The first-order valence-electron chi connectivity index (χ1n) is 8.68. The molecule has 3 heterocycles. The standard InChI is InChI=1S/C19H17F3N6O/c1-18(2,29)12-9-14-16(24-15-7-8-23-26-15)25-17(27-28(14)10-12)19(21,22)11-3-5-13(20)6-4-11/h3-10,29H,1-2H3,(H2,23,24,25,26,27). The molecule has 0 bridgehead atoms. The van der Waals surface area contributed by atoms with Crippen molar-refractivity contribution in [3.8, 4) is 0 Å². The van der Waals surface area contributed by atoms with Gasteiger partial charge in [-0.25, -0.2) is 13.9 Å². The molecule has 1 aromatic carbocycles. The molecule has 0 atom stereocenters. The molecule has 0 aliphatic rings. The van der Waals surface area contributed by atoms with Crippen LogP contribution in [0.1, 0.15) is 30.8 Å². The van der Waals surface area contributed by atoms with Crippen LogP contribution in [0.4, 0.5) is 24.8 Å². The molecule has 3 aromatic heterocycles. The second-order valence-corrected chi connectivity index (χ2v) is 7.08. The number of rotatable bonds is 5. The Morgan fingerprint density at radius 3 is 2.45 bits per heavy atom. The van der Waals surface area contributed by atoms with Gasteiger partial charge < -0.3 is 10.4 Å². The van der Waals surface area contributed by atoms with Crippen molar-refractivity contribution in [2.24, 2.45) is 0 Å². The van der Waals surface area contributed by atoms with Gasteiger partial charge in [-0.15, -0.1) is 5.10 Å². The Bertz CT molecular complexity index is 1150. The number of fused-ring (bicyclic) bond motifs is 1. The van der Waals surface area contributed by atoms with Crippen LogP contribution in [0.25, 0.3) is 5.52 Å². The Hall–Kier alpha value is -3.40. The maximum atomic E-state index is 15.1. The highest BCUT2D eigenvalue weighted by atomic mass is 19.3. The summed E-state index contributed by atoms with van der Waals surface area (Å²) in [6.45, 7) is 3.15. The SMILES string of the molecule is CC(C)(O)c1cc2c(Nc3ccn[nH]3)nc(C(F)(F)c3ccc(F)cc3)nn2c1. The van der Waals surface area contributed by atoms with Gasteiger partial charge in [0.25, 0.3) is 0 Å². The minimum Gasteiger partial charge on any atom is -0.386 e. The smallest absolute Gasteiger partial charge is 0.333 e. The van der Waals surface area contributed by atoms with Gasteiger partial charge in [0.2, 0.25) is 5.82 Å². The summed E-state index contributed by atoms with van der Waals surface area (Å²) >= 11 is 0. The van der Waals surface area contributed by atoms with Crippen LogP contribution in [0, 0.1) is 5.82 Å². The van der Waals surface area contributed by atoms with Gasteiger partial charge in [0.15, 0.2) is 5.82 Å². The third-order valence-corrected chi connectivity index (χ3v) is 4.41. The quantitative estimate of drug-likeness (QED) is 0.474. The fourth-order valence-electron chi connectivity index (χ4n) is 2.80. The fourth-order valence-corrected chi connectivity index (χ4v) is 2.80. The van der Waals surface area contributed by atoms with Crippen molar-refractivity contribution in [3.63, 3.8) is 0 Å². The lowest BCUT2D eigenvalue weighted by molar-refractivity contribution is 0.0315. The van der Waals surface area contributed by atoms with Crippen molar-refractivity contribution in [2.45, 2.75) is 25.4 Å². The fraction of sp³-hybridized carbons (Fsp3) is 0.211. The molecule has 29 heavy (non-hydrogen) atoms. The lowest BCUT2D eigenvalue weighted by Gasteiger charge is -2.17. The predicted molar refractivity (Wildman–Crippen MR) is 99.5 cm³/mol. The molecule has 3 N–H and O–H groups in total. The number of hydrogen-bond donors (Lipinski definition) is 3. The average molecular weight is 402 g/mol. The number of halogens is 3. The molecule has 0 aliphatic carbocycles. The summed E-state index contributed by atoms with van der Waals surface area (Å²) in [7, 11) is 0. The summed E-state index contributed by atoms with van der Waals surface area (Å²) in [6.07, 6.45) is 2.95. The number of H-pyrrole nitrogens is 1. The van der Waals surface area contributed by atoms with Crippen molar-refractivity contribution in [1.82, 2.24) is 24.8 Å². The molecule has 150 valence electrons. The van der Waals surface area contributed by atoms with Crippen LogP contribution in [0.3, 0.4) is 0 Å². The second-order valence-electron chi connectivity index (χ2n) is 7.08. The van der Waals surface area contributed by atoms with E-state index in [1.165, 1.54) is 16.9 Å².